The Morgan fingerprint density at radius 1 is 1.18 bits per heavy atom. The van der Waals surface area contributed by atoms with Crippen LogP contribution in [-0.4, -0.2) is 57.7 Å². The summed E-state index contributed by atoms with van der Waals surface area (Å²) >= 11 is 1.20. The number of nitrogens with zero attached hydrogens (tertiary/aromatic N) is 4. The summed E-state index contributed by atoms with van der Waals surface area (Å²) in [6, 6.07) is 9.62. The Kier molecular flexibility index (Phi) is 7.29. The highest BCUT2D eigenvalue weighted by molar-refractivity contribution is 7.99. The first kappa shape index (κ1) is 22.8. The summed E-state index contributed by atoms with van der Waals surface area (Å²) in [6.07, 6.45) is 6.61. The number of hydrogen-bond donors (Lipinski definition) is 0. The number of piperidine rings is 1. The number of hydrogen-bond acceptors (Lipinski definition) is 7. The SMILES string of the molecule is COC(=O)CSc1ncc(-c2ccc(F)cc2)c(C2CCCN(C(=O)c3ccncc3)C2)n1. The van der Waals surface area contributed by atoms with Crippen LogP contribution in [0.5, 0.6) is 0 Å². The second kappa shape index (κ2) is 10.5. The van der Waals surface area contributed by atoms with Crippen LogP contribution in [0.15, 0.2) is 60.1 Å². The van der Waals surface area contributed by atoms with Crippen LogP contribution < -0.4 is 0 Å². The van der Waals surface area contributed by atoms with Crippen molar-refractivity contribution in [3.8, 4) is 11.1 Å². The molecule has 1 aliphatic heterocycles. The molecule has 0 aliphatic carbocycles. The van der Waals surface area contributed by atoms with Gasteiger partial charge in [0.1, 0.15) is 5.82 Å². The van der Waals surface area contributed by atoms with Crippen LogP contribution in [0.2, 0.25) is 0 Å². The number of methoxy groups -OCH3 is 1. The number of likely N-dealkylation sites (tertiary alicyclic amines) is 1. The minimum absolute atomic E-state index is 0.0231. The average molecular weight is 467 g/mol. The molecule has 1 fully saturated rings. The summed E-state index contributed by atoms with van der Waals surface area (Å²) in [5.41, 5.74) is 2.98. The number of aromatic nitrogens is 3. The third kappa shape index (κ3) is 5.54. The monoisotopic (exact) mass is 466 g/mol. The molecule has 1 saturated heterocycles. The Bertz CT molecular complexity index is 1130. The number of amides is 1. The van der Waals surface area contributed by atoms with E-state index in [-0.39, 0.29) is 29.4 Å². The van der Waals surface area contributed by atoms with Gasteiger partial charge in [0.25, 0.3) is 5.91 Å². The molecule has 0 spiro atoms. The summed E-state index contributed by atoms with van der Waals surface area (Å²) in [4.78, 5) is 39.6. The van der Waals surface area contributed by atoms with Gasteiger partial charge in [-0.2, -0.15) is 0 Å². The van der Waals surface area contributed by atoms with E-state index in [9.17, 15) is 14.0 Å². The maximum Gasteiger partial charge on any atom is 0.316 e. The summed E-state index contributed by atoms with van der Waals surface area (Å²) < 4.78 is 18.2. The zero-order valence-corrected chi connectivity index (χ0v) is 18.9. The minimum atomic E-state index is -0.362. The van der Waals surface area contributed by atoms with Gasteiger partial charge in [0.2, 0.25) is 0 Å². The molecule has 3 heterocycles. The first-order chi connectivity index (χ1) is 16.0. The molecule has 4 rings (SSSR count). The molecule has 0 N–H and O–H groups in total. The summed E-state index contributed by atoms with van der Waals surface area (Å²) in [7, 11) is 1.34. The third-order valence-electron chi connectivity index (χ3n) is 5.52. The highest BCUT2D eigenvalue weighted by Gasteiger charge is 2.29. The van der Waals surface area contributed by atoms with Gasteiger partial charge in [-0.1, -0.05) is 23.9 Å². The van der Waals surface area contributed by atoms with Gasteiger partial charge in [0.05, 0.1) is 18.6 Å². The molecule has 170 valence electrons. The molecule has 3 aromatic rings. The largest absolute Gasteiger partial charge is 0.468 e. The molecular formula is C24H23FN4O3S. The van der Waals surface area contributed by atoms with Crippen molar-refractivity contribution in [1.29, 1.82) is 0 Å². The maximum absolute atomic E-state index is 13.5. The molecule has 1 aromatic carbocycles. The molecule has 1 atom stereocenters. The third-order valence-corrected chi connectivity index (χ3v) is 6.36. The predicted octanol–water partition coefficient (Wildman–Crippen LogP) is 3.96. The van der Waals surface area contributed by atoms with Gasteiger partial charge in [-0.3, -0.25) is 14.6 Å². The quantitative estimate of drug-likeness (QED) is 0.309. The van der Waals surface area contributed by atoms with E-state index in [0.29, 0.717) is 23.8 Å². The molecule has 1 unspecified atom stereocenters. The summed E-state index contributed by atoms with van der Waals surface area (Å²) in [6.45, 7) is 1.17. The van der Waals surface area contributed by atoms with Gasteiger partial charge in [0.15, 0.2) is 5.16 Å². The molecule has 1 amide bonds. The van der Waals surface area contributed by atoms with Crippen molar-refractivity contribution >= 4 is 23.6 Å². The lowest BCUT2D eigenvalue weighted by Crippen LogP contribution is -2.39. The van der Waals surface area contributed by atoms with Gasteiger partial charge < -0.3 is 9.64 Å². The van der Waals surface area contributed by atoms with Crippen molar-refractivity contribution in [1.82, 2.24) is 19.9 Å². The fourth-order valence-electron chi connectivity index (χ4n) is 3.85. The standard InChI is InChI=1S/C24H23FN4O3S/c1-32-21(30)15-33-24-27-13-20(16-4-6-19(25)7-5-16)22(28-24)18-3-2-12-29(14-18)23(31)17-8-10-26-11-9-17/h4-11,13,18H,2-3,12,14-15H2,1H3. The lowest BCUT2D eigenvalue weighted by molar-refractivity contribution is -0.137. The van der Waals surface area contributed by atoms with Crippen LogP contribution in [0.4, 0.5) is 4.39 Å². The van der Waals surface area contributed by atoms with E-state index >= 15 is 0 Å². The van der Waals surface area contributed by atoms with Gasteiger partial charge >= 0.3 is 5.97 Å². The van der Waals surface area contributed by atoms with Gasteiger partial charge in [-0.05, 0) is 42.7 Å². The van der Waals surface area contributed by atoms with Crippen molar-refractivity contribution in [3.63, 3.8) is 0 Å². The lowest BCUT2D eigenvalue weighted by atomic mass is 9.89. The van der Waals surface area contributed by atoms with Crippen molar-refractivity contribution < 1.29 is 18.7 Å². The number of ether oxygens (including phenoxy) is 1. The minimum Gasteiger partial charge on any atom is -0.468 e. The van der Waals surface area contributed by atoms with Crippen LogP contribution in [0.3, 0.4) is 0 Å². The molecule has 1 aliphatic rings. The highest BCUT2D eigenvalue weighted by Crippen LogP contribution is 2.34. The number of rotatable bonds is 6. The average Bonchev–Trinajstić information content (AvgIpc) is 2.87. The molecule has 33 heavy (non-hydrogen) atoms. The highest BCUT2D eigenvalue weighted by atomic mass is 32.2. The number of benzene rings is 1. The Labute approximate surface area is 195 Å². The smallest absolute Gasteiger partial charge is 0.316 e. The second-order valence-corrected chi connectivity index (χ2v) is 8.59. The Balaban J connectivity index is 1.64. The molecule has 0 saturated carbocycles. The van der Waals surface area contributed by atoms with Crippen LogP contribution >= 0.6 is 11.8 Å². The van der Waals surface area contributed by atoms with Crippen molar-refractivity contribution in [2.24, 2.45) is 0 Å². The fourth-order valence-corrected chi connectivity index (χ4v) is 4.51. The Morgan fingerprint density at radius 3 is 2.67 bits per heavy atom. The zero-order chi connectivity index (χ0) is 23.2. The van der Waals surface area contributed by atoms with Crippen LogP contribution in [0.1, 0.15) is 34.8 Å². The second-order valence-electron chi connectivity index (χ2n) is 7.65. The van der Waals surface area contributed by atoms with E-state index in [4.69, 9.17) is 9.72 Å². The molecular weight excluding hydrogens is 443 g/mol. The van der Waals surface area contributed by atoms with Crippen LogP contribution in [0, 0.1) is 5.82 Å². The van der Waals surface area contributed by atoms with E-state index in [2.05, 4.69) is 9.97 Å². The number of thioether (sulfide) groups is 1. The van der Waals surface area contributed by atoms with Crippen molar-refractivity contribution in [2.45, 2.75) is 23.9 Å². The van der Waals surface area contributed by atoms with Gasteiger partial charge in [0, 0.05) is 48.7 Å². The fraction of sp³-hybridized carbons (Fsp3) is 0.292. The molecule has 9 heteroatoms. The summed E-state index contributed by atoms with van der Waals surface area (Å²) in [5, 5.41) is 0.457. The van der Waals surface area contributed by atoms with E-state index in [1.807, 2.05) is 4.90 Å². The number of halogens is 1. The molecule has 2 aromatic heterocycles. The first-order valence-electron chi connectivity index (χ1n) is 10.6. The number of carbonyl (C=O) groups is 2. The van der Waals surface area contributed by atoms with Gasteiger partial charge in [-0.15, -0.1) is 0 Å². The van der Waals surface area contributed by atoms with E-state index in [0.717, 1.165) is 29.7 Å². The first-order valence-corrected chi connectivity index (χ1v) is 11.6. The normalized spacial score (nSPS) is 15.8. The molecule has 0 bridgehead atoms. The predicted molar refractivity (Wildman–Crippen MR) is 122 cm³/mol. The maximum atomic E-state index is 13.5. The number of pyridine rings is 1. The topological polar surface area (TPSA) is 85.3 Å². The van der Waals surface area contributed by atoms with Crippen LogP contribution in [0.25, 0.3) is 11.1 Å². The Hall–Kier alpha value is -3.33. The number of carbonyl (C=O) groups excluding carboxylic acids is 2. The molecule has 0 radical (unpaired) electrons. The van der Waals surface area contributed by atoms with E-state index in [1.54, 1.807) is 42.9 Å². The lowest BCUT2D eigenvalue weighted by Gasteiger charge is -2.33. The zero-order valence-electron chi connectivity index (χ0n) is 18.1. The Morgan fingerprint density at radius 2 is 1.94 bits per heavy atom. The summed E-state index contributed by atoms with van der Waals surface area (Å²) in [5.74, 6) is -0.647. The van der Waals surface area contributed by atoms with E-state index in [1.165, 1.54) is 31.0 Å². The number of esters is 1. The molecule has 7 nitrogen and oxygen atoms in total. The van der Waals surface area contributed by atoms with Crippen molar-refractivity contribution in [2.75, 3.05) is 26.0 Å². The van der Waals surface area contributed by atoms with Crippen molar-refractivity contribution in [3.05, 3.63) is 72.1 Å². The van der Waals surface area contributed by atoms with E-state index < -0.39 is 0 Å². The van der Waals surface area contributed by atoms with Gasteiger partial charge in [-0.25, -0.2) is 14.4 Å². The van der Waals surface area contributed by atoms with Crippen LogP contribution in [-0.2, 0) is 9.53 Å².